The lowest BCUT2D eigenvalue weighted by atomic mass is 10.1. The number of hydrogen-bond acceptors (Lipinski definition) is 1. The normalized spacial score (nSPS) is 10.7. The van der Waals surface area contributed by atoms with Crippen LogP contribution >= 0.6 is 12.2 Å². The highest BCUT2D eigenvalue weighted by molar-refractivity contribution is 7.71. The predicted molar refractivity (Wildman–Crippen MR) is 69.8 cm³/mol. The Balaban J connectivity index is 2.71. The number of hydrogen-bond donors (Lipinski definition) is 1. The molecule has 0 aliphatic heterocycles. The highest BCUT2D eigenvalue weighted by Crippen LogP contribution is 2.19. The summed E-state index contributed by atoms with van der Waals surface area (Å²) >= 11 is 5.33. The van der Waals surface area contributed by atoms with Crippen molar-refractivity contribution in [2.75, 3.05) is 0 Å². The fourth-order valence-corrected chi connectivity index (χ4v) is 2.16. The van der Waals surface area contributed by atoms with E-state index in [9.17, 15) is 0 Å². The molecule has 0 saturated carbocycles. The van der Waals surface area contributed by atoms with E-state index < -0.39 is 0 Å². The van der Waals surface area contributed by atoms with Crippen LogP contribution in [0.4, 0.5) is 0 Å². The van der Waals surface area contributed by atoms with Crippen LogP contribution in [0.1, 0.15) is 23.7 Å². The molecule has 2 rings (SSSR count). The highest BCUT2D eigenvalue weighted by atomic mass is 32.1. The number of benzene rings is 1. The molecule has 0 unspecified atom stereocenters. The molecule has 0 atom stereocenters. The fourth-order valence-electron chi connectivity index (χ4n) is 1.89. The molecule has 16 heavy (non-hydrogen) atoms. The number of aryl methyl sites for hydroxylation is 3. The van der Waals surface area contributed by atoms with Gasteiger partial charge in [-0.3, -0.25) is 4.57 Å². The molecule has 0 fully saturated rings. The quantitative estimate of drug-likeness (QED) is 0.783. The Morgan fingerprint density at radius 3 is 2.75 bits per heavy atom. The molecule has 2 nitrogen and oxygen atoms in total. The minimum absolute atomic E-state index is 0.769. The summed E-state index contributed by atoms with van der Waals surface area (Å²) in [6.07, 6.45) is 2.96. The Morgan fingerprint density at radius 2 is 2.06 bits per heavy atom. The molecule has 1 N–H and O–H groups in total. The summed E-state index contributed by atoms with van der Waals surface area (Å²) in [5, 5.41) is 0. The third-order valence-electron chi connectivity index (χ3n) is 2.82. The molecule has 0 spiro atoms. The summed E-state index contributed by atoms with van der Waals surface area (Å²) in [6, 6.07) is 6.44. The van der Waals surface area contributed by atoms with Gasteiger partial charge in [0.05, 0.1) is 5.69 Å². The van der Waals surface area contributed by atoms with Gasteiger partial charge in [-0.25, -0.2) is 0 Å². The molecule has 3 heteroatoms. The van der Waals surface area contributed by atoms with Crippen LogP contribution in [-0.2, 0) is 6.42 Å². The number of aromatic amines is 1. The van der Waals surface area contributed by atoms with E-state index in [2.05, 4.69) is 48.5 Å². The van der Waals surface area contributed by atoms with Crippen molar-refractivity contribution < 1.29 is 0 Å². The number of nitrogens with zero attached hydrogens (tertiary/aromatic N) is 1. The first-order valence-corrected chi connectivity index (χ1v) is 5.91. The molecule has 0 bridgehead atoms. The topological polar surface area (TPSA) is 20.7 Å². The maximum Gasteiger partial charge on any atom is 0.182 e. The molecule has 0 amide bonds. The standard InChI is InChI=1S/C13H16N2S/c1-4-11-8-14-13(16)15(11)12-7-9(2)5-6-10(12)3/h5-8H,4H2,1-3H3,(H,14,16). The molecule has 1 aromatic heterocycles. The van der Waals surface area contributed by atoms with E-state index in [1.165, 1.54) is 22.5 Å². The third-order valence-corrected chi connectivity index (χ3v) is 3.12. The Labute approximate surface area is 101 Å². The van der Waals surface area contributed by atoms with Gasteiger partial charge < -0.3 is 4.98 Å². The number of rotatable bonds is 2. The Morgan fingerprint density at radius 1 is 1.31 bits per heavy atom. The van der Waals surface area contributed by atoms with Gasteiger partial charge in [0.2, 0.25) is 0 Å². The van der Waals surface area contributed by atoms with Crippen LogP contribution in [0.25, 0.3) is 5.69 Å². The van der Waals surface area contributed by atoms with Gasteiger partial charge >= 0.3 is 0 Å². The van der Waals surface area contributed by atoms with Crippen molar-refractivity contribution >= 4 is 12.2 Å². The molecule has 0 radical (unpaired) electrons. The van der Waals surface area contributed by atoms with Gasteiger partial charge in [-0.15, -0.1) is 0 Å². The molecule has 1 aromatic carbocycles. The zero-order chi connectivity index (χ0) is 11.7. The molecule has 0 aliphatic rings. The van der Waals surface area contributed by atoms with Crippen LogP contribution in [0.2, 0.25) is 0 Å². The van der Waals surface area contributed by atoms with Crippen LogP contribution in [0.5, 0.6) is 0 Å². The molecule has 1 heterocycles. The number of imidazole rings is 1. The first-order valence-electron chi connectivity index (χ1n) is 5.50. The Hall–Kier alpha value is -1.35. The summed E-state index contributed by atoms with van der Waals surface area (Å²) in [6.45, 7) is 6.35. The average Bonchev–Trinajstić information content (AvgIpc) is 2.63. The van der Waals surface area contributed by atoms with Gasteiger partial charge in [0.25, 0.3) is 0 Å². The predicted octanol–water partition coefficient (Wildman–Crippen LogP) is 3.71. The number of H-pyrrole nitrogens is 1. The monoisotopic (exact) mass is 232 g/mol. The van der Waals surface area contributed by atoms with Crippen molar-refractivity contribution in [1.29, 1.82) is 0 Å². The number of aromatic nitrogens is 2. The maximum absolute atomic E-state index is 5.33. The molecule has 2 aromatic rings. The smallest absolute Gasteiger partial charge is 0.182 e. The van der Waals surface area contributed by atoms with Crippen LogP contribution in [0.15, 0.2) is 24.4 Å². The van der Waals surface area contributed by atoms with Gasteiger partial charge in [-0.1, -0.05) is 19.1 Å². The summed E-state index contributed by atoms with van der Waals surface area (Å²) in [4.78, 5) is 3.11. The molecule has 0 aliphatic carbocycles. The van der Waals surface area contributed by atoms with E-state index in [-0.39, 0.29) is 0 Å². The van der Waals surface area contributed by atoms with Crippen molar-refractivity contribution in [3.63, 3.8) is 0 Å². The van der Waals surface area contributed by atoms with Crippen molar-refractivity contribution in [3.8, 4) is 5.69 Å². The van der Waals surface area contributed by atoms with Crippen molar-refractivity contribution in [2.45, 2.75) is 27.2 Å². The lowest BCUT2D eigenvalue weighted by molar-refractivity contribution is 0.913. The fraction of sp³-hybridized carbons (Fsp3) is 0.308. The third kappa shape index (κ3) is 1.83. The van der Waals surface area contributed by atoms with Gasteiger partial charge in [-0.2, -0.15) is 0 Å². The lowest BCUT2D eigenvalue weighted by Crippen LogP contribution is -2.01. The van der Waals surface area contributed by atoms with Gasteiger partial charge in [0.15, 0.2) is 4.77 Å². The average molecular weight is 232 g/mol. The molecular weight excluding hydrogens is 216 g/mol. The Kier molecular flexibility index (Phi) is 2.97. The van der Waals surface area contributed by atoms with E-state index in [0.29, 0.717) is 0 Å². The van der Waals surface area contributed by atoms with Crippen molar-refractivity contribution in [2.24, 2.45) is 0 Å². The second-order valence-corrected chi connectivity index (χ2v) is 4.45. The van der Waals surface area contributed by atoms with Gasteiger partial charge in [-0.05, 0) is 49.7 Å². The zero-order valence-corrected chi connectivity index (χ0v) is 10.7. The van der Waals surface area contributed by atoms with Gasteiger partial charge in [0, 0.05) is 11.9 Å². The van der Waals surface area contributed by atoms with Gasteiger partial charge in [0.1, 0.15) is 0 Å². The van der Waals surface area contributed by atoms with E-state index in [1.54, 1.807) is 0 Å². The van der Waals surface area contributed by atoms with E-state index in [1.807, 2.05) is 6.20 Å². The summed E-state index contributed by atoms with van der Waals surface area (Å²) < 4.78 is 2.89. The highest BCUT2D eigenvalue weighted by Gasteiger charge is 2.07. The molecule has 84 valence electrons. The molecule has 0 saturated heterocycles. The van der Waals surface area contributed by atoms with E-state index >= 15 is 0 Å². The summed E-state index contributed by atoms with van der Waals surface area (Å²) in [5.74, 6) is 0. The second kappa shape index (κ2) is 4.26. The minimum Gasteiger partial charge on any atom is -0.337 e. The first kappa shape index (κ1) is 11.1. The summed E-state index contributed by atoms with van der Waals surface area (Å²) in [5.41, 5.74) is 4.91. The van der Waals surface area contributed by atoms with E-state index in [4.69, 9.17) is 12.2 Å². The second-order valence-electron chi connectivity index (χ2n) is 4.06. The Bertz CT molecular complexity index is 564. The van der Waals surface area contributed by atoms with Crippen molar-refractivity contribution in [3.05, 3.63) is 46.0 Å². The first-order chi connectivity index (χ1) is 7.63. The van der Waals surface area contributed by atoms with E-state index in [0.717, 1.165) is 11.2 Å². The SMILES string of the molecule is CCc1c[nH]c(=S)n1-c1cc(C)ccc1C. The largest absolute Gasteiger partial charge is 0.337 e. The number of nitrogens with one attached hydrogen (secondary N) is 1. The zero-order valence-electron chi connectivity index (χ0n) is 9.87. The summed E-state index contributed by atoms with van der Waals surface area (Å²) in [7, 11) is 0. The van der Waals surface area contributed by atoms with Crippen LogP contribution < -0.4 is 0 Å². The van der Waals surface area contributed by atoms with Crippen LogP contribution in [0.3, 0.4) is 0 Å². The van der Waals surface area contributed by atoms with Crippen LogP contribution in [-0.4, -0.2) is 9.55 Å². The van der Waals surface area contributed by atoms with Crippen molar-refractivity contribution in [1.82, 2.24) is 9.55 Å². The molecular formula is C13H16N2S. The van der Waals surface area contributed by atoms with Crippen LogP contribution in [0, 0.1) is 18.6 Å². The lowest BCUT2D eigenvalue weighted by Gasteiger charge is -2.11. The minimum atomic E-state index is 0.769. The maximum atomic E-state index is 5.33.